The molecule has 0 bridgehead atoms. The van der Waals surface area contributed by atoms with E-state index < -0.39 is 5.97 Å². The average molecular weight is 280 g/mol. The second-order valence-electron chi connectivity index (χ2n) is 3.82. The highest BCUT2D eigenvalue weighted by atomic mass is 35.5. The van der Waals surface area contributed by atoms with Crippen molar-refractivity contribution in [2.75, 3.05) is 13.2 Å². The zero-order valence-electron chi connectivity index (χ0n) is 10.8. The summed E-state index contributed by atoms with van der Waals surface area (Å²) in [4.78, 5) is 15.9. The molecule has 4 nitrogen and oxygen atoms in total. The van der Waals surface area contributed by atoms with E-state index in [1.807, 2.05) is 13.0 Å². The van der Waals surface area contributed by atoms with E-state index in [4.69, 9.17) is 21.1 Å². The fraction of sp³-hybridized carbons (Fsp3) is 0.286. The summed E-state index contributed by atoms with van der Waals surface area (Å²) in [6.45, 7) is 4.51. The molecule has 0 saturated carbocycles. The van der Waals surface area contributed by atoms with Gasteiger partial charge in [0.15, 0.2) is 0 Å². The summed E-state index contributed by atoms with van der Waals surface area (Å²) in [6.07, 6.45) is 1.43. The third kappa shape index (κ3) is 2.79. The number of benzene rings is 1. The summed E-state index contributed by atoms with van der Waals surface area (Å²) in [5.41, 5.74) is 0.978. The quantitative estimate of drug-likeness (QED) is 0.804. The molecule has 0 amide bonds. The maximum absolute atomic E-state index is 11.7. The Kier molecular flexibility index (Phi) is 4.22. The Morgan fingerprint density at radius 3 is 2.79 bits per heavy atom. The van der Waals surface area contributed by atoms with Gasteiger partial charge in [-0.15, -0.1) is 0 Å². The van der Waals surface area contributed by atoms with Crippen LogP contribution in [0, 0.1) is 0 Å². The number of hydrogen-bond donors (Lipinski definition) is 0. The van der Waals surface area contributed by atoms with Gasteiger partial charge in [0.25, 0.3) is 0 Å². The van der Waals surface area contributed by atoms with E-state index >= 15 is 0 Å². The third-order valence-corrected chi connectivity index (χ3v) is 2.99. The lowest BCUT2D eigenvalue weighted by molar-refractivity contribution is 0.0526. The lowest BCUT2D eigenvalue weighted by Gasteiger charge is -2.08. The first-order chi connectivity index (χ1) is 9.17. The number of aromatic nitrogens is 1. The fourth-order valence-electron chi connectivity index (χ4n) is 1.75. The van der Waals surface area contributed by atoms with Crippen molar-refractivity contribution >= 4 is 28.5 Å². The number of fused-ring (bicyclic) bond motifs is 1. The molecule has 19 heavy (non-hydrogen) atoms. The molecule has 0 aliphatic rings. The summed E-state index contributed by atoms with van der Waals surface area (Å²) in [6, 6.07) is 5.40. The van der Waals surface area contributed by atoms with Crippen LogP contribution in [0.15, 0.2) is 24.4 Å². The van der Waals surface area contributed by atoms with E-state index in [0.29, 0.717) is 34.9 Å². The number of ether oxygens (including phenoxy) is 2. The smallest absolute Gasteiger partial charge is 0.341 e. The molecule has 0 radical (unpaired) electrons. The SMILES string of the molecule is CCOC(=O)c1cnc2ccc(OCC)cc2c1Cl. The first kappa shape index (κ1) is 13.6. The predicted molar refractivity (Wildman–Crippen MR) is 73.9 cm³/mol. The van der Waals surface area contributed by atoms with Gasteiger partial charge in [-0.2, -0.15) is 0 Å². The first-order valence-electron chi connectivity index (χ1n) is 6.05. The van der Waals surface area contributed by atoms with Crippen molar-refractivity contribution < 1.29 is 14.3 Å². The van der Waals surface area contributed by atoms with Gasteiger partial charge in [0.05, 0.1) is 29.3 Å². The van der Waals surface area contributed by atoms with E-state index in [0.717, 1.165) is 0 Å². The van der Waals surface area contributed by atoms with Crippen LogP contribution in [0.2, 0.25) is 5.02 Å². The molecule has 0 fully saturated rings. The number of halogens is 1. The predicted octanol–water partition coefficient (Wildman–Crippen LogP) is 3.46. The van der Waals surface area contributed by atoms with Crippen LogP contribution in [0.4, 0.5) is 0 Å². The van der Waals surface area contributed by atoms with Crippen molar-refractivity contribution in [1.29, 1.82) is 0 Å². The molecule has 0 aliphatic carbocycles. The number of esters is 1. The van der Waals surface area contributed by atoms with Crippen molar-refractivity contribution in [3.8, 4) is 5.75 Å². The van der Waals surface area contributed by atoms with Gasteiger partial charge in [-0.1, -0.05) is 11.6 Å². The molecule has 1 heterocycles. The van der Waals surface area contributed by atoms with Crippen LogP contribution in [0.5, 0.6) is 5.75 Å². The summed E-state index contributed by atoms with van der Waals surface area (Å²) in [7, 11) is 0. The number of rotatable bonds is 4. The molecule has 2 rings (SSSR count). The number of nitrogens with zero attached hydrogens (tertiary/aromatic N) is 1. The molecule has 0 saturated heterocycles. The van der Waals surface area contributed by atoms with Crippen LogP contribution in [0.3, 0.4) is 0 Å². The Bertz CT molecular complexity index is 613. The van der Waals surface area contributed by atoms with Gasteiger partial charge in [0, 0.05) is 11.6 Å². The minimum Gasteiger partial charge on any atom is -0.494 e. The number of hydrogen-bond acceptors (Lipinski definition) is 4. The lowest BCUT2D eigenvalue weighted by atomic mass is 10.1. The van der Waals surface area contributed by atoms with Crippen LogP contribution in [-0.4, -0.2) is 24.2 Å². The van der Waals surface area contributed by atoms with E-state index in [9.17, 15) is 4.79 Å². The van der Waals surface area contributed by atoms with Gasteiger partial charge < -0.3 is 9.47 Å². The van der Waals surface area contributed by atoms with Gasteiger partial charge in [-0.25, -0.2) is 4.79 Å². The summed E-state index contributed by atoms with van der Waals surface area (Å²) in [5, 5.41) is 1.02. The molecular weight excluding hydrogens is 266 g/mol. The van der Waals surface area contributed by atoms with Crippen molar-refractivity contribution in [3.63, 3.8) is 0 Å². The zero-order chi connectivity index (χ0) is 13.8. The fourth-order valence-corrected chi connectivity index (χ4v) is 2.02. The molecule has 2 aromatic rings. The Labute approximate surface area is 116 Å². The Hall–Kier alpha value is -1.81. The maximum atomic E-state index is 11.7. The highest BCUT2D eigenvalue weighted by molar-refractivity contribution is 6.38. The lowest BCUT2D eigenvalue weighted by Crippen LogP contribution is -2.06. The monoisotopic (exact) mass is 279 g/mol. The second kappa shape index (κ2) is 5.89. The van der Waals surface area contributed by atoms with Crippen LogP contribution >= 0.6 is 11.6 Å². The largest absolute Gasteiger partial charge is 0.494 e. The normalized spacial score (nSPS) is 10.5. The highest BCUT2D eigenvalue weighted by Crippen LogP contribution is 2.29. The molecule has 1 aromatic carbocycles. The standard InChI is InChI=1S/C14H14ClNO3/c1-3-18-9-5-6-12-10(7-9)13(15)11(8-16-12)14(17)19-4-2/h5-8H,3-4H2,1-2H3. The van der Waals surface area contributed by atoms with E-state index in [1.54, 1.807) is 19.1 Å². The minimum absolute atomic E-state index is 0.268. The van der Waals surface area contributed by atoms with Crippen molar-refractivity contribution in [2.24, 2.45) is 0 Å². The van der Waals surface area contributed by atoms with Crippen molar-refractivity contribution in [1.82, 2.24) is 4.98 Å². The zero-order valence-corrected chi connectivity index (χ0v) is 11.5. The molecule has 0 atom stereocenters. The summed E-state index contributed by atoms with van der Waals surface area (Å²) >= 11 is 6.25. The van der Waals surface area contributed by atoms with E-state index in [-0.39, 0.29) is 5.56 Å². The minimum atomic E-state index is -0.469. The van der Waals surface area contributed by atoms with Crippen molar-refractivity contribution in [3.05, 3.63) is 35.0 Å². The van der Waals surface area contributed by atoms with E-state index in [1.165, 1.54) is 6.20 Å². The summed E-state index contributed by atoms with van der Waals surface area (Å²) in [5.74, 6) is 0.225. The molecule has 100 valence electrons. The number of carbonyl (C=O) groups excluding carboxylic acids is 1. The second-order valence-corrected chi connectivity index (χ2v) is 4.20. The Morgan fingerprint density at radius 1 is 1.32 bits per heavy atom. The maximum Gasteiger partial charge on any atom is 0.341 e. The van der Waals surface area contributed by atoms with Crippen LogP contribution in [0.25, 0.3) is 10.9 Å². The molecular formula is C14H14ClNO3. The Balaban J connectivity index is 2.52. The molecule has 1 aromatic heterocycles. The van der Waals surface area contributed by atoms with Gasteiger partial charge in [0.1, 0.15) is 5.75 Å². The van der Waals surface area contributed by atoms with Crippen LogP contribution < -0.4 is 4.74 Å². The van der Waals surface area contributed by atoms with Gasteiger partial charge in [-0.3, -0.25) is 4.98 Å². The average Bonchev–Trinajstić information content (AvgIpc) is 2.40. The first-order valence-corrected chi connectivity index (χ1v) is 6.43. The van der Waals surface area contributed by atoms with Gasteiger partial charge >= 0.3 is 5.97 Å². The Morgan fingerprint density at radius 2 is 2.11 bits per heavy atom. The molecule has 0 N–H and O–H groups in total. The molecule has 5 heteroatoms. The molecule has 0 unspecified atom stereocenters. The third-order valence-electron chi connectivity index (χ3n) is 2.58. The van der Waals surface area contributed by atoms with Gasteiger partial charge in [0.2, 0.25) is 0 Å². The van der Waals surface area contributed by atoms with E-state index in [2.05, 4.69) is 4.98 Å². The highest BCUT2D eigenvalue weighted by Gasteiger charge is 2.15. The topological polar surface area (TPSA) is 48.4 Å². The molecule has 0 aliphatic heterocycles. The number of carbonyl (C=O) groups is 1. The number of pyridine rings is 1. The van der Waals surface area contributed by atoms with Crippen LogP contribution in [0.1, 0.15) is 24.2 Å². The summed E-state index contributed by atoms with van der Waals surface area (Å²) < 4.78 is 10.4. The van der Waals surface area contributed by atoms with Crippen LogP contribution in [-0.2, 0) is 4.74 Å². The molecule has 0 spiro atoms. The van der Waals surface area contributed by atoms with Crippen molar-refractivity contribution in [2.45, 2.75) is 13.8 Å². The van der Waals surface area contributed by atoms with Gasteiger partial charge in [-0.05, 0) is 32.0 Å².